The summed E-state index contributed by atoms with van der Waals surface area (Å²) in [5.74, 6) is 0.454. The molecule has 0 radical (unpaired) electrons. The molecule has 0 aromatic carbocycles. The molecule has 136 valence electrons. The molecule has 1 atom stereocenters. The van der Waals surface area contributed by atoms with Crippen molar-refractivity contribution in [1.29, 1.82) is 0 Å². The first-order valence-corrected chi connectivity index (χ1v) is 9.48. The summed E-state index contributed by atoms with van der Waals surface area (Å²) in [4.78, 5) is 28.9. The van der Waals surface area contributed by atoms with Crippen LogP contribution in [0.5, 0.6) is 0 Å². The smallest absolute Gasteiger partial charge is 0.344 e. The van der Waals surface area contributed by atoms with Gasteiger partial charge in [0.05, 0.1) is 18.3 Å². The molecule has 3 aromatic heterocycles. The summed E-state index contributed by atoms with van der Waals surface area (Å²) in [6, 6.07) is 5.27. The maximum atomic E-state index is 12.3. The maximum absolute atomic E-state index is 12.3. The highest BCUT2D eigenvalue weighted by molar-refractivity contribution is 7.98. The van der Waals surface area contributed by atoms with Gasteiger partial charge in [-0.3, -0.25) is 13.8 Å². The number of nitrogens with zero attached hydrogens (tertiary/aromatic N) is 4. The molecule has 3 aromatic rings. The van der Waals surface area contributed by atoms with Crippen LogP contribution in [0.1, 0.15) is 24.1 Å². The molecule has 0 spiro atoms. The third-order valence-corrected chi connectivity index (χ3v) is 5.43. The van der Waals surface area contributed by atoms with Gasteiger partial charge < -0.3 is 4.74 Å². The van der Waals surface area contributed by atoms with Crippen molar-refractivity contribution in [1.82, 2.24) is 24.1 Å². The summed E-state index contributed by atoms with van der Waals surface area (Å²) in [5.41, 5.74) is 1.88. The molecular formula is C17H19N5O3S. The van der Waals surface area contributed by atoms with Crippen LogP contribution in [0, 0.1) is 6.92 Å². The number of hydrogen-bond donors (Lipinski definition) is 1. The number of rotatable bonds is 5. The van der Waals surface area contributed by atoms with Crippen LogP contribution in [0.15, 0.2) is 39.1 Å². The Morgan fingerprint density at radius 3 is 3.12 bits per heavy atom. The minimum Gasteiger partial charge on any atom is -0.376 e. The Hall–Kier alpha value is -2.39. The average Bonchev–Trinajstić information content (AvgIpc) is 3.26. The van der Waals surface area contributed by atoms with Crippen molar-refractivity contribution in [2.45, 2.75) is 43.3 Å². The highest BCUT2D eigenvalue weighted by Crippen LogP contribution is 2.21. The van der Waals surface area contributed by atoms with E-state index < -0.39 is 0 Å². The molecule has 26 heavy (non-hydrogen) atoms. The van der Waals surface area contributed by atoms with Gasteiger partial charge >= 0.3 is 5.69 Å². The van der Waals surface area contributed by atoms with E-state index in [0.29, 0.717) is 28.8 Å². The maximum Gasteiger partial charge on any atom is 0.344 e. The fraction of sp³-hybridized carbons (Fsp3) is 0.412. The third kappa shape index (κ3) is 3.32. The van der Waals surface area contributed by atoms with Gasteiger partial charge in [0.25, 0.3) is 5.56 Å². The fourth-order valence-corrected chi connectivity index (χ4v) is 3.94. The molecule has 1 aliphatic rings. The Morgan fingerprint density at radius 1 is 1.42 bits per heavy atom. The van der Waals surface area contributed by atoms with Crippen molar-refractivity contribution in [3.63, 3.8) is 0 Å². The lowest BCUT2D eigenvalue weighted by atomic mass is 10.2. The van der Waals surface area contributed by atoms with Crippen LogP contribution in [0.25, 0.3) is 5.65 Å². The van der Waals surface area contributed by atoms with Gasteiger partial charge in [-0.25, -0.2) is 14.9 Å². The highest BCUT2D eigenvalue weighted by atomic mass is 32.2. The minimum absolute atomic E-state index is 0.0516. The molecular weight excluding hydrogens is 354 g/mol. The summed E-state index contributed by atoms with van der Waals surface area (Å²) in [5, 5.41) is 7.17. The molecule has 4 heterocycles. The Labute approximate surface area is 153 Å². The molecule has 0 amide bonds. The van der Waals surface area contributed by atoms with Crippen LogP contribution in [-0.4, -0.2) is 36.9 Å². The molecule has 1 N–H and O–H groups in total. The molecule has 9 heteroatoms. The van der Waals surface area contributed by atoms with E-state index in [1.165, 1.54) is 22.2 Å². The second-order valence-corrected chi connectivity index (χ2v) is 7.26. The van der Waals surface area contributed by atoms with Crippen LogP contribution in [0.3, 0.4) is 0 Å². The van der Waals surface area contributed by atoms with Gasteiger partial charge in [-0.2, -0.15) is 0 Å². The van der Waals surface area contributed by atoms with Crippen molar-refractivity contribution in [2.75, 3.05) is 6.61 Å². The van der Waals surface area contributed by atoms with E-state index in [1.54, 1.807) is 10.8 Å². The lowest BCUT2D eigenvalue weighted by molar-refractivity contribution is 0.0941. The van der Waals surface area contributed by atoms with E-state index in [0.717, 1.165) is 25.0 Å². The van der Waals surface area contributed by atoms with E-state index in [-0.39, 0.29) is 17.4 Å². The normalized spacial score (nSPS) is 17.2. The first-order valence-electron chi connectivity index (χ1n) is 8.49. The minimum atomic E-state index is -0.245. The molecule has 1 fully saturated rings. The topological polar surface area (TPSA) is 94.3 Å². The predicted octanol–water partition coefficient (Wildman–Crippen LogP) is 1.36. The lowest BCUT2D eigenvalue weighted by Crippen LogP contribution is -2.25. The first kappa shape index (κ1) is 17.0. The van der Waals surface area contributed by atoms with Crippen molar-refractivity contribution >= 4 is 17.4 Å². The summed E-state index contributed by atoms with van der Waals surface area (Å²) in [6.07, 6.45) is 3.73. The number of thioether (sulfide) groups is 1. The van der Waals surface area contributed by atoms with Crippen molar-refractivity contribution < 1.29 is 4.74 Å². The van der Waals surface area contributed by atoms with E-state index >= 15 is 0 Å². The number of ether oxygens (including phenoxy) is 1. The zero-order valence-corrected chi connectivity index (χ0v) is 15.2. The van der Waals surface area contributed by atoms with Gasteiger partial charge in [-0.15, -0.1) is 5.10 Å². The average molecular weight is 373 g/mol. The van der Waals surface area contributed by atoms with Crippen molar-refractivity contribution in [3.05, 3.63) is 56.5 Å². The summed E-state index contributed by atoms with van der Waals surface area (Å²) in [7, 11) is 0. The number of fused-ring (bicyclic) bond motifs is 1. The summed E-state index contributed by atoms with van der Waals surface area (Å²) in [6.45, 7) is 3.15. The zero-order valence-electron chi connectivity index (χ0n) is 14.3. The Bertz CT molecular complexity index is 1050. The second kappa shape index (κ2) is 7.08. The largest absolute Gasteiger partial charge is 0.376 e. The zero-order chi connectivity index (χ0) is 18.1. The molecule has 1 unspecified atom stereocenters. The first-order chi connectivity index (χ1) is 12.6. The lowest BCUT2D eigenvalue weighted by Gasteiger charge is -2.11. The summed E-state index contributed by atoms with van der Waals surface area (Å²) >= 11 is 1.38. The summed E-state index contributed by atoms with van der Waals surface area (Å²) < 4.78 is 8.74. The van der Waals surface area contributed by atoms with Gasteiger partial charge in [0, 0.05) is 24.6 Å². The number of aryl methyl sites for hydroxylation is 1. The van der Waals surface area contributed by atoms with Crippen LogP contribution < -0.4 is 11.2 Å². The van der Waals surface area contributed by atoms with Crippen LogP contribution in [0.4, 0.5) is 0 Å². The van der Waals surface area contributed by atoms with E-state index in [4.69, 9.17) is 4.74 Å². The van der Waals surface area contributed by atoms with Crippen LogP contribution >= 0.6 is 11.8 Å². The molecule has 8 nitrogen and oxygen atoms in total. The Kier molecular flexibility index (Phi) is 4.64. The van der Waals surface area contributed by atoms with Gasteiger partial charge in [-0.05, 0) is 31.4 Å². The molecule has 0 aliphatic carbocycles. The second-order valence-electron chi connectivity index (χ2n) is 6.32. The van der Waals surface area contributed by atoms with E-state index in [2.05, 4.69) is 15.2 Å². The van der Waals surface area contributed by atoms with Crippen molar-refractivity contribution in [3.8, 4) is 0 Å². The predicted molar refractivity (Wildman–Crippen MR) is 97.6 cm³/mol. The quantitative estimate of drug-likeness (QED) is 0.679. The number of pyridine rings is 1. The molecule has 4 rings (SSSR count). The van der Waals surface area contributed by atoms with E-state index in [1.807, 2.05) is 19.1 Å². The number of H-pyrrole nitrogens is 1. The van der Waals surface area contributed by atoms with Crippen LogP contribution in [0.2, 0.25) is 0 Å². The van der Waals surface area contributed by atoms with Crippen molar-refractivity contribution in [2.24, 2.45) is 0 Å². The number of nitrogens with one attached hydrogen (secondary N) is 1. The number of aromatic amines is 1. The highest BCUT2D eigenvalue weighted by Gasteiger charge is 2.20. The third-order valence-electron chi connectivity index (χ3n) is 4.42. The fourth-order valence-electron chi connectivity index (χ4n) is 3.09. The molecule has 0 bridgehead atoms. The standard InChI is InChI=1S/C17H19N5O3S/c1-11-4-2-6-21-14(23)8-12(18-15(11)21)10-26-17-20-19-16(24)22(17)9-13-5-3-7-25-13/h2,4,6,8,13H,3,5,7,9-10H2,1H3,(H,19,24). The molecule has 1 saturated heterocycles. The Balaban J connectivity index is 1.56. The van der Waals surface area contributed by atoms with Gasteiger partial charge in [0.2, 0.25) is 0 Å². The SMILES string of the molecule is Cc1cccn2c(=O)cc(CSc3n[nH]c(=O)n3CC3CCCO3)nc12. The number of hydrogen-bond acceptors (Lipinski definition) is 6. The molecule has 0 saturated carbocycles. The van der Waals surface area contributed by atoms with Gasteiger partial charge in [0.1, 0.15) is 5.65 Å². The number of aromatic nitrogens is 5. The molecule has 1 aliphatic heterocycles. The Morgan fingerprint density at radius 2 is 2.31 bits per heavy atom. The van der Waals surface area contributed by atoms with Crippen LogP contribution in [-0.2, 0) is 17.0 Å². The van der Waals surface area contributed by atoms with E-state index in [9.17, 15) is 9.59 Å². The van der Waals surface area contributed by atoms with Gasteiger partial charge in [-0.1, -0.05) is 17.8 Å². The monoisotopic (exact) mass is 373 g/mol. The van der Waals surface area contributed by atoms with Gasteiger partial charge in [0.15, 0.2) is 5.16 Å².